The maximum Gasteiger partial charge on any atom is 0.412 e. The van der Waals surface area contributed by atoms with E-state index in [0.717, 1.165) is 17.0 Å². The molecule has 2 heterocycles. The fourth-order valence-corrected chi connectivity index (χ4v) is 2.14. The number of ether oxygens (including phenoxy) is 1. The molecule has 10 nitrogen and oxygen atoms in total. The van der Waals surface area contributed by atoms with E-state index >= 15 is 0 Å². The zero-order valence-electron chi connectivity index (χ0n) is 14.0. The summed E-state index contributed by atoms with van der Waals surface area (Å²) in [5.41, 5.74) is 2.57. The number of nitrogens with one attached hydrogen (secondary N) is 2. The van der Waals surface area contributed by atoms with Crippen LogP contribution in [0.25, 0.3) is 0 Å². The van der Waals surface area contributed by atoms with Crippen LogP contribution in [0.4, 0.5) is 10.6 Å². The van der Waals surface area contributed by atoms with Crippen molar-refractivity contribution >= 4 is 17.8 Å². The van der Waals surface area contributed by atoms with E-state index in [1.807, 2.05) is 20.8 Å². The Kier molecular flexibility index (Phi) is 5.40. The van der Waals surface area contributed by atoms with Crippen molar-refractivity contribution in [2.75, 3.05) is 12.4 Å². The van der Waals surface area contributed by atoms with Gasteiger partial charge < -0.3 is 10.1 Å². The average Bonchev–Trinajstić information content (AvgIpc) is 2.92. The number of hydrogen-bond acceptors (Lipinski definition) is 7. The molecule has 0 saturated carbocycles. The summed E-state index contributed by atoms with van der Waals surface area (Å²) in [6.45, 7) is 5.89. The first-order valence-electron chi connectivity index (χ1n) is 7.21. The van der Waals surface area contributed by atoms with Gasteiger partial charge in [0.1, 0.15) is 12.4 Å². The summed E-state index contributed by atoms with van der Waals surface area (Å²) >= 11 is 0. The highest BCUT2D eigenvalue weighted by Crippen LogP contribution is 2.09. The monoisotopic (exact) mass is 333 g/mol. The summed E-state index contributed by atoms with van der Waals surface area (Å²) in [4.78, 5) is 31.7. The lowest BCUT2D eigenvalue weighted by atomic mass is 10.1. The van der Waals surface area contributed by atoms with Gasteiger partial charge in [0.2, 0.25) is 5.91 Å². The van der Waals surface area contributed by atoms with Crippen LogP contribution in [0.1, 0.15) is 22.8 Å². The highest BCUT2D eigenvalue weighted by Gasteiger charge is 2.11. The fourth-order valence-electron chi connectivity index (χ4n) is 2.14. The van der Waals surface area contributed by atoms with Crippen molar-refractivity contribution in [2.45, 2.75) is 33.9 Å². The number of rotatable bonds is 5. The van der Waals surface area contributed by atoms with Crippen molar-refractivity contribution in [3.8, 4) is 0 Å². The molecule has 0 aliphatic carbocycles. The maximum absolute atomic E-state index is 12.0. The largest absolute Gasteiger partial charge is 0.453 e. The van der Waals surface area contributed by atoms with Gasteiger partial charge in [-0.2, -0.15) is 0 Å². The van der Waals surface area contributed by atoms with Crippen molar-refractivity contribution < 1.29 is 14.3 Å². The third kappa shape index (κ3) is 4.48. The van der Waals surface area contributed by atoms with Crippen LogP contribution in [-0.4, -0.2) is 44.1 Å². The number of hydrogen-bond donors (Lipinski definition) is 2. The van der Waals surface area contributed by atoms with E-state index < -0.39 is 6.09 Å². The van der Waals surface area contributed by atoms with E-state index in [0.29, 0.717) is 12.4 Å². The van der Waals surface area contributed by atoms with Gasteiger partial charge in [0.05, 0.1) is 13.3 Å². The topological polar surface area (TPSA) is 124 Å². The van der Waals surface area contributed by atoms with Gasteiger partial charge in [-0.05, 0) is 20.8 Å². The lowest BCUT2D eigenvalue weighted by Gasteiger charge is -2.10. The van der Waals surface area contributed by atoms with Gasteiger partial charge in [-0.25, -0.2) is 19.4 Å². The van der Waals surface area contributed by atoms with E-state index in [2.05, 4.69) is 35.7 Å². The average molecular weight is 333 g/mol. The molecule has 2 aromatic heterocycles. The van der Waals surface area contributed by atoms with Gasteiger partial charge in [0.25, 0.3) is 0 Å². The van der Waals surface area contributed by atoms with Gasteiger partial charge in [-0.3, -0.25) is 10.1 Å². The number of nitrogens with zero attached hydrogens (tertiary/aromatic N) is 5. The number of carbonyl (C=O) groups is 2. The molecule has 10 heteroatoms. The van der Waals surface area contributed by atoms with E-state index in [-0.39, 0.29) is 18.3 Å². The second kappa shape index (κ2) is 7.49. The second-order valence-electron chi connectivity index (χ2n) is 5.11. The fraction of sp³-hybridized carbons (Fsp3) is 0.429. The Labute approximate surface area is 138 Å². The summed E-state index contributed by atoms with van der Waals surface area (Å²) < 4.78 is 5.76. The normalized spacial score (nSPS) is 10.3. The molecule has 0 atom stereocenters. The lowest BCUT2D eigenvalue weighted by Crippen LogP contribution is -2.28. The maximum atomic E-state index is 12.0. The van der Waals surface area contributed by atoms with Gasteiger partial charge >= 0.3 is 6.09 Å². The minimum atomic E-state index is -0.656. The Bertz CT molecular complexity index is 734. The molecule has 2 aromatic rings. The molecular weight excluding hydrogens is 314 g/mol. The molecule has 0 bridgehead atoms. The SMILES string of the molecule is COC(=O)Nc1cn(CC(=O)NCc2c(C)nc(C)nc2C)nn1. The molecule has 2 rings (SSSR count). The first kappa shape index (κ1) is 17.3. The molecule has 24 heavy (non-hydrogen) atoms. The van der Waals surface area contributed by atoms with E-state index in [1.54, 1.807) is 0 Å². The molecule has 0 unspecified atom stereocenters. The summed E-state index contributed by atoms with van der Waals surface area (Å²) in [5, 5.41) is 12.6. The Morgan fingerprint density at radius 1 is 1.21 bits per heavy atom. The summed E-state index contributed by atoms with van der Waals surface area (Å²) in [5.74, 6) is 0.658. The van der Waals surface area contributed by atoms with Crippen molar-refractivity contribution in [3.63, 3.8) is 0 Å². The number of methoxy groups -OCH3 is 1. The Hall–Kier alpha value is -3.04. The van der Waals surface area contributed by atoms with Gasteiger partial charge in [0, 0.05) is 23.5 Å². The summed E-state index contributed by atoms with van der Waals surface area (Å²) in [6.07, 6.45) is 0.777. The predicted octanol–water partition coefficient (Wildman–Crippen LogP) is 0.488. The van der Waals surface area contributed by atoms with Gasteiger partial charge in [-0.15, -0.1) is 5.10 Å². The molecule has 2 N–H and O–H groups in total. The lowest BCUT2D eigenvalue weighted by molar-refractivity contribution is -0.122. The molecule has 128 valence electrons. The number of aryl methyl sites for hydroxylation is 3. The van der Waals surface area contributed by atoms with Crippen LogP contribution in [-0.2, 0) is 22.6 Å². The van der Waals surface area contributed by atoms with Crippen LogP contribution < -0.4 is 10.6 Å². The molecule has 0 aliphatic heterocycles. The van der Waals surface area contributed by atoms with Crippen LogP contribution in [0.15, 0.2) is 6.20 Å². The van der Waals surface area contributed by atoms with Crippen molar-refractivity contribution in [3.05, 3.63) is 29.0 Å². The van der Waals surface area contributed by atoms with Crippen LogP contribution >= 0.6 is 0 Å². The molecule has 0 spiro atoms. The highest BCUT2D eigenvalue weighted by molar-refractivity contribution is 5.82. The van der Waals surface area contributed by atoms with Crippen LogP contribution in [0, 0.1) is 20.8 Å². The van der Waals surface area contributed by atoms with Crippen molar-refractivity contribution in [2.24, 2.45) is 0 Å². The number of anilines is 1. The standard InChI is InChI=1S/C14H19N7O3/c1-8-11(9(2)17-10(3)16-8)5-15-13(22)7-21-6-12(19-20-21)18-14(23)24-4/h6H,5,7H2,1-4H3,(H,15,22)(H,18,23). The number of carbonyl (C=O) groups excluding carboxylic acids is 2. The van der Waals surface area contributed by atoms with E-state index in [9.17, 15) is 9.59 Å². The van der Waals surface area contributed by atoms with Crippen LogP contribution in [0.3, 0.4) is 0 Å². The Balaban J connectivity index is 1.91. The summed E-state index contributed by atoms with van der Waals surface area (Å²) in [7, 11) is 1.24. The summed E-state index contributed by atoms with van der Waals surface area (Å²) in [6, 6.07) is 0. The van der Waals surface area contributed by atoms with E-state index in [4.69, 9.17) is 0 Å². The smallest absolute Gasteiger partial charge is 0.412 e. The molecule has 0 aliphatic rings. The number of amides is 2. The first-order valence-corrected chi connectivity index (χ1v) is 7.21. The molecule has 0 radical (unpaired) electrons. The van der Waals surface area contributed by atoms with E-state index in [1.165, 1.54) is 18.0 Å². The van der Waals surface area contributed by atoms with Gasteiger partial charge in [-0.1, -0.05) is 5.21 Å². The third-order valence-electron chi connectivity index (χ3n) is 3.25. The zero-order valence-corrected chi connectivity index (χ0v) is 14.0. The van der Waals surface area contributed by atoms with Gasteiger partial charge in [0.15, 0.2) is 5.82 Å². The van der Waals surface area contributed by atoms with Crippen molar-refractivity contribution in [1.29, 1.82) is 0 Å². The highest BCUT2D eigenvalue weighted by atomic mass is 16.5. The van der Waals surface area contributed by atoms with Crippen molar-refractivity contribution in [1.82, 2.24) is 30.3 Å². The first-order chi connectivity index (χ1) is 11.4. The minimum absolute atomic E-state index is 0.0271. The number of aromatic nitrogens is 5. The third-order valence-corrected chi connectivity index (χ3v) is 3.25. The zero-order chi connectivity index (χ0) is 17.7. The second-order valence-corrected chi connectivity index (χ2v) is 5.11. The quantitative estimate of drug-likeness (QED) is 0.816. The molecule has 0 fully saturated rings. The molecule has 0 aromatic carbocycles. The molecule has 0 saturated heterocycles. The molecule has 2 amide bonds. The minimum Gasteiger partial charge on any atom is -0.453 e. The predicted molar refractivity (Wildman–Crippen MR) is 84.1 cm³/mol. The van der Waals surface area contributed by atoms with Crippen LogP contribution in [0.5, 0.6) is 0 Å². The Morgan fingerprint density at radius 2 is 1.88 bits per heavy atom. The Morgan fingerprint density at radius 3 is 2.50 bits per heavy atom. The molecular formula is C14H19N7O3. The van der Waals surface area contributed by atoms with Crippen LogP contribution in [0.2, 0.25) is 0 Å².